The maximum atomic E-state index is 13.5. The van der Waals surface area contributed by atoms with Gasteiger partial charge in [-0.1, -0.05) is 23.8 Å². The first-order chi connectivity index (χ1) is 11.7. The normalized spacial score (nSPS) is 11.2. The van der Waals surface area contributed by atoms with Crippen molar-refractivity contribution in [2.24, 2.45) is 0 Å². The summed E-state index contributed by atoms with van der Waals surface area (Å²) in [6, 6.07) is 9.99. The minimum absolute atomic E-state index is 0.149. The smallest absolute Gasteiger partial charge is 0.232 e. The maximum absolute atomic E-state index is 13.5. The maximum Gasteiger partial charge on any atom is 0.232 e. The fourth-order valence-corrected chi connectivity index (χ4v) is 3.15. The van der Waals surface area contributed by atoms with E-state index in [2.05, 4.69) is 5.32 Å². The first kappa shape index (κ1) is 18.9. The summed E-state index contributed by atoms with van der Waals surface area (Å²) < 4.78 is 52.1. The molecule has 0 aliphatic heterocycles. The van der Waals surface area contributed by atoms with Gasteiger partial charge in [-0.25, -0.2) is 17.2 Å². The lowest BCUT2D eigenvalue weighted by Gasteiger charge is -2.22. The van der Waals surface area contributed by atoms with Crippen LogP contribution in [0.25, 0.3) is 0 Å². The van der Waals surface area contributed by atoms with E-state index in [0.717, 1.165) is 28.3 Å². The summed E-state index contributed by atoms with van der Waals surface area (Å²) in [5, 5.41) is 2.14. The Balaban J connectivity index is 2.10. The van der Waals surface area contributed by atoms with Crippen LogP contribution in [0, 0.1) is 18.6 Å². The number of nitrogens with one attached hydrogen (secondary N) is 1. The Labute approximate surface area is 145 Å². The topological polar surface area (TPSA) is 66.5 Å². The third-order valence-electron chi connectivity index (χ3n) is 3.49. The van der Waals surface area contributed by atoms with E-state index >= 15 is 0 Å². The molecule has 0 atom stereocenters. The zero-order valence-corrected chi connectivity index (χ0v) is 14.6. The van der Waals surface area contributed by atoms with E-state index < -0.39 is 33.3 Å². The van der Waals surface area contributed by atoms with Crippen molar-refractivity contribution in [3.05, 3.63) is 59.7 Å². The fourth-order valence-electron chi connectivity index (χ4n) is 2.22. The Morgan fingerprint density at radius 2 is 1.64 bits per heavy atom. The molecule has 0 unspecified atom stereocenters. The van der Waals surface area contributed by atoms with Crippen LogP contribution in [0.4, 0.5) is 20.2 Å². The summed E-state index contributed by atoms with van der Waals surface area (Å²) in [5.41, 5.74) is 0.830. The lowest BCUT2D eigenvalue weighted by atomic mass is 10.2. The number of aryl methyl sites for hydroxylation is 1. The Morgan fingerprint density at radius 1 is 1.08 bits per heavy atom. The monoisotopic (exact) mass is 368 g/mol. The molecule has 0 fully saturated rings. The van der Waals surface area contributed by atoms with E-state index in [9.17, 15) is 22.0 Å². The predicted molar refractivity (Wildman–Crippen MR) is 93.0 cm³/mol. The molecule has 2 aromatic carbocycles. The minimum atomic E-state index is -3.61. The van der Waals surface area contributed by atoms with Crippen molar-refractivity contribution >= 4 is 27.3 Å². The molecule has 0 aromatic heterocycles. The van der Waals surface area contributed by atoms with Gasteiger partial charge >= 0.3 is 0 Å². The molecule has 5 nitrogen and oxygen atoms in total. The molecule has 1 N–H and O–H groups in total. The number of para-hydroxylation sites is 1. The molecule has 0 radical (unpaired) electrons. The Morgan fingerprint density at radius 3 is 2.16 bits per heavy atom. The van der Waals surface area contributed by atoms with E-state index in [1.165, 1.54) is 6.07 Å². The van der Waals surface area contributed by atoms with Gasteiger partial charge in [0, 0.05) is 13.0 Å². The predicted octanol–water partition coefficient (Wildman–Crippen LogP) is 3.07. The van der Waals surface area contributed by atoms with Crippen LogP contribution < -0.4 is 9.62 Å². The van der Waals surface area contributed by atoms with Crippen molar-refractivity contribution in [3.63, 3.8) is 0 Å². The van der Waals surface area contributed by atoms with Gasteiger partial charge in [-0.05, 0) is 31.2 Å². The van der Waals surface area contributed by atoms with Gasteiger partial charge in [0.1, 0.15) is 17.3 Å². The van der Waals surface area contributed by atoms with Crippen LogP contribution in [0.1, 0.15) is 12.0 Å². The van der Waals surface area contributed by atoms with E-state index in [-0.39, 0.29) is 13.0 Å². The molecule has 0 saturated heterocycles. The average molecular weight is 368 g/mol. The van der Waals surface area contributed by atoms with E-state index in [0.29, 0.717) is 5.69 Å². The highest BCUT2D eigenvalue weighted by Gasteiger charge is 2.19. The van der Waals surface area contributed by atoms with Crippen molar-refractivity contribution < 1.29 is 22.0 Å². The van der Waals surface area contributed by atoms with Crippen LogP contribution in [-0.4, -0.2) is 27.1 Å². The second-order valence-electron chi connectivity index (χ2n) is 5.57. The molecule has 2 rings (SSSR count). The highest BCUT2D eigenvalue weighted by Crippen LogP contribution is 2.20. The van der Waals surface area contributed by atoms with Crippen molar-refractivity contribution in [1.29, 1.82) is 0 Å². The van der Waals surface area contributed by atoms with Crippen LogP contribution in [0.2, 0.25) is 0 Å². The van der Waals surface area contributed by atoms with Crippen molar-refractivity contribution in [2.75, 3.05) is 22.4 Å². The summed E-state index contributed by atoms with van der Waals surface area (Å²) in [4.78, 5) is 12.0. The van der Waals surface area contributed by atoms with E-state index in [4.69, 9.17) is 0 Å². The summed E-state index contributed by atoms with van der Waals surface area (Å²) >= 11 is 0. The average Bonchev–Trinajstić information content (AvgIpc) is 2.52. The van der Waals surface area contributed by atoms with Gasteiger partial charge in [-0.2, -0.15) is 0 Å². The second kappa shape index (κ2) is 7.60. The third-order valence-corrected chi connectivity index (χ3v) is 4.69. The van der Waals surface area contributed by atoms with E-state index in [1.54, 1.807) is 24.3 Å². The van der Waals surface area contributed by atoms with Crippen LogP contribution in [0.15, 0.2) is 42.5 Å². The molecule has 25 heavy (non-hydrogen) atoms. The summed E-state index contributed by atoms with van der Waals surface area (Å²) in [5.74, 6) is -2.48. The molecule has 1 amide bonds. The lowest BCUT2D eigenvalue weighted by Crippen LogP contribution is -2.33. The van der Waals surface area contributed by atoms with Crippen molar-refractivity contribution in [1.82, 2.24) is 0 Å². The fraction of sp³-hybridized carbons (Fsp3) is 0.235. The number of anilines is 2. The summed E-state index contributed by atoms with van der Waals surface area (Å²) in [7, 11) is -3.61. The Kier molecular flexibility index (Phi) is 5.73. The number of sulfonamides is 1. The van der Waals surface area contributed by atoms with Gasteiger partial charge in [-0.3, -0.25) is 9.10 Å². The van der Waals surface area contributed by atoms with Crippen molar-refractivity contribution in [3.8, 4) is 0 Å². The molecule has 0 heterocycles. The Hall–Kier alpha value is -2.48. The van der Waals surface area contributed by atoms with Gasteiger partial charge in [0.05, 0.1) is 11.9 Å². The standard InChI is InChI=1S/C17H18F2N2O3S/c1-12-6-8-13(9-7-12)21(25(2,23)24)11-10-16(22)20-17-14(18)4-3-5-15(17)19/h3-9H,10-11H2,1-2H3,(H,20,22). The van der Waals surface area contributed by atoms with Crippen LogP contribution >= 0.6 is 0 Å². The van der Waals surface area contributed by atoms with Gasteiger partial charge in [0.25, 0.3) is 0 Å². The second-order valence-corrected chi connectivity index (χ2v) is 7.47. The number of rotatable bonds is 6. The first-order valence-electron chi connectivity index (χ1n) is 7.47. The van der Waals surface area contributed by atoms with Crippen LogP contribution in [0.5, 0.6) is 0 Å². The minimum Gasteiger partial charge on any atom is -0.321 e. The quantitative estimate of drug-likeness (QED) is 0.852. The highest BCUT2D eigenvalue weighted by molar-refractivity contribution is 7.92. The first-order valence-corrected chi connectivity index (χ1v) is 9.31. The molecule has 0 saturated carbocycles. The SMILES string of the molecule is Cc1ccc(N(CCC(=O)Nc2c(F)cccc2F)S(C)(=O)=O)cc1. The number of carbonyl (C=O) groups is 1. The number of hydrogen-bond donors (Lipinski definition) is 1. The number of carbonyl (C=O) groups excluding carboxylic acids is 1. The summed E-state index contributed by atoms with van der Waals surface area (Å²) in [6.07, 6.45) is 0.774. The van der Waals surface area contributed by atoms with Gasteiger partial charge in [0.2, 0.25) is 15.9 Å². The van der Waals surface area contributed by atoms with Gasteiger partial charge in [0.15, 0.2) is 0 Å². The Bertz CT molecular complexity index is 848. The highest BCUT2D eigenvalue weighted by atomic mass is 32.2. The zero-order chi connectivity index (χ0) is 18.6. The number of benzene rings is 2. The number of hydrogen-bond acceptors (Lipinski definition) is 3. The number of halogens is 2. The largest absolute Gasteiger partial charge is 0.321 e. The molecular formula is C17H18F2N2O3S. The zero-order valence-electron chi connectivity index (χ0n) is 13.8. The molecule has 8 heteroatoms. The van der Waals surface area contributed by atoms with Gasteiger partial charge < -0.3 is 5.32 Å². The van der Waals surface area contributed by atoms with Crippen LogP contribution in [-0.2, 0) is 14.8 Å². The third kappa shape index (κ3) is 4.99. The molecule has 0 bridgehead atoms. The number of amides is 1. The number of nitrogens with zero attached hydrogens (tertiary/aromatic N) is 1. The molecule has 0 aliphatic carbocycles. The van der Waals surface area contributed by atoms with Crippen LogP contribution in [0.3, 0.4) is 0 Å². The van der Waals surface area contributed by atoms with Gasteiger partial charge in [-0.15, -0.1) is 0 Å². The summed E-state index contributed by atoms with van der Waals surface area (Å²) in [6.45, 7) is 1.72. The molecule has 2 aromatic rings. The molecular weight excluding hydrogens is 350 g/mol. The van der Waals surface area contributed by atoms with E-state index in [1.807, 2.05) is 6.92 Å². The molecule has 0 aliphatic rings. The molecule has 0 spiro atoms. The molecule has 134 valence electrons. The van der Waals surface area contributed by atoms with Crippen molar-refractivity contribution in [2.45, 2.75) is 13.3 Å². The lowest BCUT2D eigenvalue weighted by molar-refractivity contribution is -0.116.